The van der Waals surface area contributed by atoms with E-state index in [1.807, 2.05) is 16.4 Å². The van der Waals surface area contributed by atoms with E-state index in [2.05, 4.69) is 17.1 Å². The van der Waals surface area contributed by atoms with Crippen LogP contribution in [0.2, 0.25) is 0 Å². The molecule has 0 spiro atoms. The third kappa shape index (κ3) is 2.27. The van der Waals surface area contributed by atoms with Gasteiger partial charge in [-0.1, -0.05) is 12.1 Å². The van der Waals surface area contributed by atoms with Crippen molar-refractivity contribution in [2.45, 2.75) is 51.1 Å². The quantitative estimate of drug-likeness (QED) is 0.889. The van der Waals surface area contributed by atoms with Crippen LogP contribution in [0.1, 0.15) is 49.5 Å². The van der Waals surface area contributed by atoms with E-state index in [0.717, 1.165) is 6.42 Å². The molecule has 8 nitrogen and oxygen atoms in total. The smallest absolute Gasteiger partial charge is 0.319 e. The van der Waals surface area contributed by atoms with Crippen LogP contribution in [-0.2, 0) is 16.8 Å². The van der Waals surface area contributed by atoms with Crippen molar-refractivity contribution in [3.63, 3.8) is 0 Å². The maximum absolute atomic E-state index is 12.7. The van der Waals surface area contributed by atoms with Crippen molar-refractivity contribution in [2.75, 3.05) is 6.54 Å². The third-order valence-electron chi connectivity index (χ3n) is 5.37. The molecule has 2 aliphatic rings. The number of aliphatic carboxylic acids is 1. The Bertz CT molecular complexity index is 849. The zero-order valence-corrected chi connectivity index (χ0v) is 14.2. The van der Waals surface area contributed by atoms with Gasteiger partial charge in [0.2, 0.25) is 11.7 Å². The predicted molar refractivity (Wildman–Crippen MR) is 87.1 cm³/mol. The van der Waals surface area contributed by atoms with Crippen LogP contribution in [0.15, 0.2) is 16.7 Å². The summed E-state index contributed by atoms with van der Waals surface area (Å²) < 4.78 is 7.11. The van der Waals surface area contributed by atoms with Crippen molar-refractivity contribution < 1.29 is 19.2 Å². The topological polar surface area (TPSA) is 101 Å². The van der Waals surface area contributed by atoms with Gasteiger partial charge in [-0.25, -0.2) is 0 Å². The number of carboxylic acids is 1. The van der Waals surface area contributed by atoms with Gasteiger partial charge in [0.1, 0.15) is 11.1 Å². The minimum atomic E-state index is -1.02. The molecule has 1 fully saturated rings. The van der Waals surface area contributed by atoms with Gasteiger partial charge in [-0.2, -0.15) is 4.98 Å². The highest BCUT2D eigenvalue weighted by Crippen LogP contribution is 2.48. The van der Waals surface area contributed by atoms with Crippen molar-refractivity contribution in [3.05, 3.63) is 23.7 Å². The summed E-state index contributed by atoms with van der Waals surface area (Å²) >= 11 is 0. The Labute approximate surface area is 144 Å². The third-order valence-corrected chi connectivity index (χ3v) is 5.37. The number of aromatic nitrogens is 3. The van der Waals surface area contributed by atoms with Gasteiger partial charge in [0, 0.05) is 19.1 Å². The number of nitrogens with zero attached hydrogens (tertiary/aromatic N) is 4. The van der Waals surface area contributed by atoms with Gasteiger partial charge in [0.05, 0.1) is 5.69 Å². The lowest BCUT2D eigenvalue weighted by Crippen LogP contribution is -2.45. The summed E-state index contributed by atoms with van der Waals surface area (Å²) in [6.07, 6.45) is 1.93. The predicted octanol–water partition coefficient (Wildman–Crippen LogP) is 1.91. The monoisotopic (exact) mass is 344 g/mol. The summed E-state index contributed by atoms with van der Waals surface area (Å²) in [7, 11) is 0. The Morgan fingerprint density at radius 2 is 2.08 bits per heavy atom. The highest BCUT2D eigenvalue weighted by Gasteiger charge is 2.56. The van der Waals surface area contributed by atoms with Gasteiger partial charge >= 0.3 is 5.97 Å². The van der Waals surface area contributed by atoms with Crippen molar-refractivity contribution in [3.8, 4) is 11.5 Å². The summed E-state index contributed by atoms with van der Waals surface area (Å²) in [4.78, 5) is 30.3. The number of carbonyl (C=O) groups is 2. The summed E-state index contributed by atoms with van der Waals surface area (Å²) in [6.45, 7) is 5.39. The molecule has 1 aliphatic heterocycles. The summed E-state index contributed by atoms with van der Waals surface area (Å²) in [5.74, 6) is -0.452. The number of amides is 1. The van der Waals surface area contributed by atoms with Crippen molar-refractivity contribution >= 4 is 11.9 Å². The van der Waals surface area contributed by atoms with Crippen molar-refractivity contribution in [1.29, 1.82) is 0 Å². The number of carboxylic acid groups (broad SMARTS) is 1. The zero-order valence-electron chi connectivity index (χ0n) is 14.2. The van der Waals surface area contributed by atoms with Gasteiger partial charge in [-0.3, -0.25) is 9.59 Å². The van der Waals surface area contributed by atoms with Crippen LogP contribution in [0.25, 0.3) is 11.5 Å². The fourth-order valence-corrected chi connectivity index (χ4v) is 3.35. The van der Waals surface area contributed by atoms with Crippen LogP contribution < -0.4 is 0 Å². The molecule has 3 heterocycles. The van der Waals surface area contributed by atoms with E-state index < -0.39 is 11.4 Å². The normalized spacial score (nSPS) is 19.6. The second-order valence-electron chi connectivity index (χ2n) is 6.82. The standard InChI is InChI=1S/C17H20N4O4/c1-3-10(2)20-8-9-21-11(4-5-12(21)14(20)22)13-18-15(25-19-13)17(6-7-17)16(23)24/h4-5,10H,3,6-9H2,1-2H3,(H,23,24). The van der Waals surface area contributed by atoms with Crippen LogP contribution in [0, 0.1) is 0 Å². The second-order valence-corrected chi connectivity index (χ2v) is 6.82. The van der Waals surface area contributed by atoms with E-state index in [1.54, 1.807) is 12.1 Å². The average Bonchev–Trinajstić information content (AvgIpc) is 3.07. The lowest BCUT2D eigenvalue weighted by molar-refractivity contribution is -0.140. The maximum Gasteiger partial charge on any atom is 0.319 e. The van der Waals surface area contributed by atoms with E-state index >= 15 is 0 Å². The largest absolute Gasteiger partial charge is 0.480 e. The fourth-order valence-electron chi connectivity index (χ4n) is 3.35. The minimum Gasteiger partial charge on any atom is -0.480 e. The molecule has 0 saturated heterocycles. The van der Waals surface area contributed by atoms with Crippen LogP contribution in [0.4, 0.5) is 0 Å². The molecule has 1 amide bonds. The molecule has 2 aromatic rings. The van der Waals surface area contributed by atoms with E-state index in [4.69, 9.17) is 4.52 Å². The van der Waals surface area contributed by atoms with Gasteiger partial charge in [0.15, 0.2) is 0 Å². The van der Waals surface area contributed by atoms with Gasteiger partial charge in [-0.05, 0) is 38.3 Å². The molecular formula is C17H20N4O4. The first-order valence-corrected chi connectivity index (χ1v) is 8.56. The van der Waals surface area contributed by atoms with Gasteiger partial charge < -0.3 is 19.1 Å². The van der Waals surface area contributed by atoms with E-state index in [9.17, 15) is 14.7 Å². The molecule has 1 saturated carbocycles. The highest BCUT2D eigenvalue weighted by molar-refractivity contribution is 5.94. The Kier molecular flexibility index (Phi) is 3.45. The first kappa shape index (κ1) is 15.9. The van der Waals surface area contributed by atoms with Gasteiger partial charge in [-0.15, -0.1) is 0 Å². The Morgan fingerprint density at radius 1 is 1.36 bits per heavy atom. The molecule has 1 aliphatic carbocycles. The molecule has 8 heteroatoms. The molecule has 1 unspecified atom stereocenters. The lowest BCUT2D eigenvalue weighted by atomic mass is 10.1. The first-order chi connectivity index (χ1) is 12.0. The number of rotatable bonds is 5. The van der Waals surface area contributed by atoms with Crippen LogP contribution in [0.5, 0.6) is 0 Å². The maximum atomic E-state index is 12.7. The first-order valence-electron chi connectivity index (χ1n) is 8.56. The van der Waals surface area contributed by atoms with E-state index in [-0.39, 0.29) is 17.8 Å². The lowest BCUT2D eigenvalue weighted by Gasteiger charge is -2.33. The summed E-state index contributed by atoms with van der Waals surface area (Å²) in [5, 5.41) is 13.3. The van der Waals surface area contributed by atoms with Crippen molar-refractivity contribution in [1.82, 2.24) is 19.6 Å². The SMILES string of the molecule is CCC(C)N1CCn2c(ccc2-c2noc(C3(C(=O)O)CC3)n2)C1=O. The molecule has 2 aromatic heterocycles. The summed E-state index contributed by atoms with van der Waals surface area (Å²) in [6, 6.07) is 3.76. The molecule has 1 atom stereocenters. The molecule has 0 radical (unpaired) electrons. The fraction of sp³-hybridized carbons (Fsp3) is 0.529. The molecule has 4 rings (SSSR count). The second kappa shape index (κ2) is 5.44. The number of hydrogen-bond acceptors (Lipinski definition) is 5. The molecule has 132 valence electrons. The Hall–Kier alpha value is -2.64. The summed E-state index contributed by atoms with van der Waals surface area (Å²) in [5.41, 5.74) is 0.266. The van der Waals surface area contributed by atoms with E-state index in [0.29, 0.717) is 43.1 Å². The molecule has 0 bridgehead atoms. The number of hydrogen-bond donors (Lipinski definition) is 1. The number of fused-ring (bicyclic) bond motifs is 1. The highest BCUT2D eigenvalue weighted by atomic mass is 16.5. The molecule has 1 N–H and O–H groups in total. The molecule has 0 aromatic carbocycles. The van der Waals surface area contributed by atoms with Crippen LogP contribution in [0.3, 0.4) is 0 Å². The van der Waals surface area contributed by atoms with Crippen molar-refractivity contribution in [2.24, 2.45) is 0 Å². The van der Waals surface area contributed by atoms with Crippen LogP contribution in [-0.4, -0.2) is 49.2 Å². The average molecular weight is 344 g/mol. The Balaban J connectivity index is 1.66. The Morgan fingerprint density at radius 3 is 2.72 bits per heavy atom. The zero-order chi connectivity index (χ0) is 17.8. The van der Waals surface area contributed by atoms with E-state index in [1.165, 1.54) is 0 Å². The van der Waals surface area contributed by atoms with Crippen LogP contribution >= 0.6 is 0 Å². The molecule has 25 heavy (non-hydrogen) atoms. The van der Waals surface area contributed by atoms with Gasteiger partial charge in [0.25, 0.3) is 5.91 Å². The minimum absolute atomic E-state index is 0.000215. The molecular weight excluding hydrogens is 324 g/mol. The number of carbonyl (C=O) groups excluding carboxylic acids is 1.